The molecule has 1 N–H and O–H groups in total. The molecule has 4 aromatic rings. The minimum absolute atomic E-state index is 0.0887. The van der Waals surface area contributed by atoms with Crippen LogP contribution in [-0.4, -0.2) is 43.8 Å². The molecule has 8 heteroatoms. The average Bonchev–Trinajstić information content (AvgIpc) is 3.02. The first kappa shape index (κ1) is 33.5. The molecule has 7 nitrogen and oxygen atoms in total. The van der Waals surface area contributed by atoms with E-state index in [2.05, 4.69) is 5.32 Å². The molecular weight excluding hydrogens is 582 g/mol. The number of sulfonamides is 1. The Morgan fingerprint density at radius 1 is 0.778 bits per heavy atom. The molecule has 0 unspecified atom stereocenters. The van der Waals surface area contributed by atoms with Crippen molar-refractivity contribution in [2.24, 2.45) is 0 Å². The molecule has 45 heavy (non-hydrogen) atoms. The molecule has 0 saturated heterocycles. The van der Waals surface area contributed by atoms with E-state index < -0.39 is 28.5 Å². The van der Waals surface area contributed by atoms with Crippen LogP contribution in [0.15, 0.2) is 108 Å². The summed E-state index contributed by atoms with van der Waals surface area (Å²) in [5.41, 5.74) is 4.77. The molecule has 0 aliphatic carbocycles. The van der Waals surface area contributed by atoms with Crippen molar-refractivity contribution >= 4 is 27.5 Å². The number of nitrogens with zero attached hydrogens (tertiary/aromatic N) is 2. The van der Waals surface area contributed by atoms with Crippen LogP contribution in [0.3, 0.4) is 0 Å². The van der Waals surface area contributed by atoms with E-state index in [9.17, 15) is 18.0 Å². The molecule has 0 saturated carbocycles. The van der Waals surface area contributed by atoms with E-state index in [1.165, 1.54) is 9.21 Å². The maximum absolute atomic E-state index is 14.6. The number of amides is 2. The maximum Gasteiger partial charge on any atom is 0.264 e. The van der Waals surface area contributed by atoms with Gasteiger partial charge in [-0.05, 0) is 69.0 Å². The van der Waals surface area contributed by atoms with E-state index in [1.807, 2.05) is 107 Å². The highest BCUT2D eigenvalue weighted by Crippen LogP contribution is 2.29. The van der Waals surface area contributed by atoms with Crippen molar-refractivity contribution in [1.82, 2.24) is 10.2 Å². The molecule has 2 amide bonds. The van der Waals surface area contributed by atoms with Crippen molar-refractivity contribution < 1.29 is 18.0 Å². The number of carbonyl (C=O) groups excluding carboxylic acids is 2. The summed E-state index contributed by atoms with van der Waals surface area (Å²) in [6, 6.07) is 30.1. The summed E-state index contributed by atoms with van der Waals surface area (Å²) < 4.78 is 29.7. The molecule has 4 aromatic carbocycles. The van der Waals surface area contributed by atoms with Crippen molar-refractivity contribution in [3.05, 3.63) is 131 Å². The second-order valence-corrected chi connectivity index (χ2v) is 13.5. The predicted molar refractivity (Wildman–Crippen MR) is 180 cm³/mol. The Hall–Kier alpha value is -4.43. The van der Waals surface area contributed by atoms with E-state index in [0.29, 0.717) is 5.69 Å². The first-order valence-electron chi connectivity index (χ1n) is 15.3. The largest absolute Gasteiger partial charge is 0.352 e. The number of rotatable bonds is 13. The van der Waals surface area contributed by atoms with E-state index in [1.54, 1.807) is 30.3 Å². The van der Waals surface area contributed by atoms with Gasteiger partial charge in [-0.25, -0.2) is 8.42 Å². The van der Waals surface area contributed by atoms with Gasteiger partial charge in [-0.1, -0.05) is 103 Å². The summed E-state index contributed by atoms with van der Waals surface area (Å²) in [7, 11) is -4.15. The lowest BCUT2D eigenvalue weighted by atomic mass is 10.0. The molecule has 0 aromatic heterocycles. The van der Waals surface area contributed by atoms with Gasteiger partial charge in [0.1, 0.15) is 12.6 Å². The van der Waals surface area contributed by atoms with Crippen LogP contribution < -0.4 is 9.62 Å². The Kier molecular flexibility index (Phi) is 11.2. The van der Waals surface area contributed by atoms with Crippen molar-refractivity contribution in [2.45, 2.75) is 71.0 Å². The summed E-state index contributed by atoms with van der Waals surface area (Å²) in [6.45, 7) is 9.24. The van der Waals surface area contributed by atoms with Gasteiger partial charge in [-0.2, -0.15) is 0 Å². The molecule has 0 aliphatic rings. The Morgan fingerprint density at radius 2 is 1.36 bits per heavy atom. The monoisotopic (exact) mass is 625 g/mol. The second kappa shape index (κ2) is 15.0. The van der Waals surface area contributed by atoms with Crippen LogP contribution in [0.5, 0.6) is 0 Å². The van der Waals surface area contributed by atoms with Gasteiger partial charge in [0.15, 0.2) is 0 Å². The number of carbonyl (C=O) groups is 2. The third-order valence-electron chi connectivity index (χ3n) is 7.98. The molecule has 0 bridgehead atoms. The van der Waals surface area contributed by atoms with Gasteiger partial charge in [0.25, 0.3) is 10.0 Å². The van der Waals surface area contributed by atoms with Gasteiger partial charge in [-0.15, -0.1) is 0 Å². The standard InChI is InChI=1S/C37H43N3O4S/c1-6-30(5)38-37(42)35(24-31-13-9-7-10-14-31)39(25-32-15-11-8-12-16-32)36(41)26-40(34-22-19-28(3)23-29(34)4)45(43,44)33-20-17-27(2)18-21-33/h7-23,30,35H,6,24-26H2,1-5H3,(H,38,42)/t30-,35+/m1/s1. The molecule has 0 heterocycles. The number of anilines is 1. The number of hydrogen-bond acceptors (Lipinski definition) is 4. The molecular formula is C37H43N3O4S. The first-order chi connectivity index (χ1) is 21.5. The Bertz CT molecular complexity index is 1690. The number of benzene rings is 4. The van der Waals surface area contributed by atoms with Gasteiger partial charge in [0, 0.05) is 19.0 Å². The average molecular weight is 626 g/mol. The third-order valence-corrected chi connectivity index (χ3v) is 9.75. The fourth-order valence-corrected chi connectivity index (χ4v) is 6.69. The van der Waals surface area contributed by atoms with Crippen molar-refractivity contribution in [3.8, 4) is 0 Å². The quantitative estimate of drug-likeness (QED) is 0.187. The molecule has 0 fully saturated rings. The SMILES string of the molecule is CC[C@@H](C)NC(=O)[C@H](Cc1ccccc1)N(Cc1ccccc1)C(=O)CN(c1ccc(C)cc1C)S(=O)(=O)c1ccc(C)cc1. The lowest BCUT2D eigenvalue weighted by molar-refractivity contribution is -0.140. The molecule has 2 atom stereocenters. The highest BCUT2D eigenvalue weighted by atomic mass is 32.2. The fourth-order valence-electron chi connectivity index (χ4n) is 5.21. The topological polar surface area (TPSA) is 86.8 Å². The highest BCUT2D eigenvalue weighted by molar-refractivity contribution is 7.92. The first-order valence-corrected chi connectivity index (χ1v) is 16.8. The minimum Gasteiger partial charge on any atom is -0.352 e. The molecule has 4 rings (SSSR count). The molecule has 236 valence electrons. The fraction of sp³-hybridized carbons (Fsp3) is 0.297. The zero-order chi connectivity index (χ0) is 32.6. The van der Waals surface area contributed by atoms with Crippen LogP contribution in [-0.2, 0) is 32.6 Å². The Morgan fingerprint density at radius 3 is 1.93 bits per heavy atom. The molecule has 0 spiro atoms. The van der Waals surface area contributed by atoms with E-state index in [-0.39, 0.29) is 29.8 Å². The molecule has 0 aliphatic heterocycles. The Labute approximate surface area is 268 Å². The number of hydrogen-bond donors (Lipinski definition) is 1. The zero-order valence-corrected chi connectivity index (χ0v) is 27.6. The van der Waals surface area contributed by atoms with Gasteiger partial charge in [-0.3, -0.25) is 13.9 Å². The van der Waals surface area contributed by atoms with Crippen LogP contribution >= 0.6 is 0 Å². The van der Waals surface area contributed by atoms with Crippen LogP contribution in [0.1, 0.15) is 48.1 Å². The minimum atomic E-state index is -4.15. The summed E-state index contributed by atoms with van der Waals surface area (Å²) in [6.07, 6.45) is 1.00. The van der Waals surface area contributed by atoms with Crippen LogP contribution in [0.2, 0.25) is 0 Å². The van der Waals surface area contributed by atoms with Crippen LogP contribution in [0.4, 0.5) is 5.69 Å². The van der Waals surface area contributed by atoms with E-state index in [0.717, 1.165) is 34.2 Å². The predicted octanol–water partition coefficient (Wildman–Crippen LogP) is 6.36. The van der Waals surface area contributed by atoms with E-state index >= 15 is 0 Å². The number of aryl methyl sites for hydroxylation is 3. The van der Waals surface area contributed by atoms with Gasteiger partial charge in [0.2, 0.25) is 11.8 Å². The normalized spacial score (nSPS) is 12.6. The van der Waals surface area contributed by atoms with Crippen LogP contribution in [0, 0.1) is 20.8 Å². The highest BCUT2D eigenvalue weighted by Gasteiger charge is 2.35. The van der Waals surface area contributed by atoms with Crippen molar-refractivity contribution in [3.63, 3.8) is 0 Å². The summed E-state index contributed by atoms with van der Waals surface area (Å²) in [4.78, 5) is 30.1. The lowest BCUT2D eigenvalue weighted by Gasteiger charge is -2.34. The summed E-state index contributed by atoms with van der Waals surface area (Å²) in [5.74, 6) is -0.758. The lowest BCUT2D eigenvalue weighted by Crippen LogP contribution is -2.54. The summed E-state index contributed by atoms with van der Waals surface area (Å²) >= 11 is 0. The smallest absolute Gasteiger partial charge is 0.264 e. The second-order valence-electron chi connectivity index (χ2n) is 11.6. The zero-order valence-electron chi connectivity index (χ0n) is 26.7. The third kappa shape index (κ3) is 8.60. The van der Waals surface area contributed by atoms with Gasteiger partial charge >= 0.3 is 0 Å². The van der Waals surface area contributed by atoms with Gasteiger partial charge < -0.3 is 10.2 Å². The number of nitrogens with one attached hydrogen (secondary N) is 1. The van der Waals surface area contributed by atoms with E-state index in [4.69, 9.17) is 0 Å². The summed E-state index contributed by atoms with van der Waals surface area (Å²) in [5, 5.41) is 3.07. The van der Waals surface area contributed by atoms with Gasteiger partial charge in [0.05, 0.1) is 10.6 Å². The van der Waals surface area contributed by atoms with Crippen molar-refractivity contribution in [2.75, 3.05) is 10.8 Å². The Balaban J connectivity index is 1.82. The van der Waals surface area contributed by atoms with Crippen molar-refractivity contribution in [1.29, 1.82) is 0 Å². The maximum atomic E-state index is 14.6. The van der Waals surface area contributed by atoms with Crippen LogP contribution in [0.25, 0.3) is 0 Å². The molecule has 0 radical (unpaired) electrons.